The molecule has 0 spiro atoms. The molecule has 2 aromatic rings. The fraction of sp³-hybridized carbons (Fsp3) is 0.133. The summed E-state index contributed by atoms with van der Waals surface area (Å²) in [6, 6.07) is 12.6. The maximum Gasteiger partial charge on any atom is 0.337 e. The van der Waals surface area contributed by atoms with Gasteiger partial charge in [0.1, 0.15) is 5.75 Å². The van der Waals surface area contributed by atoms with Gasteiger partial charge in [0, 0.05) is 11.8 Å². The Balaban J connectivity index is 2.47. The predicted octanol–water partition coefficient (Wildman–Crippen LogP) is 2.73. The number of carbonyl (C=O) groups is 1. The summed E-state index contributed by atoms with van der Waals surface area (Å²) in [5.41, 5.74) is 8.71. The Labute approximate surface area is 111 Å². The van der Waals surface area contributed by atoms with Crippen LogP contribution in [0.1, 0.15) is 10.4 Å². The van der Waals surface area contributed by atoms with E-state index in [0.717, 1.165) is 11.1 Å². The second-order valence-corrected chi connectivity index (χ2v) is 4.07. The zero-order chi connectivity index (χ0) is 13.8. The molecule has 2 N–H and O–H groups in total. The molecule has 2 aromatic carbocycles. The van der Waals surface area contributed by atoms with Crippen molar-refractivity contribution in [3.63, 3.8) is 0 Å². The first kappa shape index (κ1) is 13.0. The molecular weight excluding hydrogens is 242 g/mol. The number of rotatable bonds is 3. The molecule has 0 bridgehead atoms. The number of nitrogens with two attached hydrogens (primary N) is 1. The van der Waals surface area contributed by atoms with E-state index in [4.69, 9.17) is 15.2 Å². The molecule has 0 unspecified atom stereocenters. The standard InChI is InChI=1S/C15H15NO3/c1-18-14-8-12(7-13(16)9-14)10-4-3-5-11(6-10)15(17)19-2/h3-9H,16H2,1-2H3. The number of nitrogen functional groups attached to an aromatic ring is 1. The van der Waals surface area contributed by atoms with E-state index in [-0.39, 0.29) is 5.97 Å². The minimum atomic E-state index is -0.363. The smallest absolute Gasteiger partial charge is 0.337 e. The summed E-state index contributed by atoms with van der Waals surface area (Å²) in [5.74, 6) is 0.316. The lowest BCUT2D eigenvalue weighted by Crippen LogP contribution is -2.00. The maximum absolute atomic E-state index is 11.5. The third-order valence-corrected chi connectivity index (χ3v) is 2.78. The number of anilines is 1. The minimum absolute atomic E-state index is 0.363. The SMILES string of the molecule is COC(=O)c1cccc(-c2cc(N)cc(OC)c2)c1. The molecule has 4 heteroatoms. The summed E-state index contributed by atoms with van der Waals surface area (Å²) in [7, 11) is 2.95. The van der Waals surface area contributed by atoms with Crippen LogP contribution in [0.3, 0.4) is 0 Å². The quantitative estimate of drug-likeness (QED) is 0.678. The van der Waals surface area contributed by atoms with Gasteiger partial charge in [0.2, 0.25) is 0 Å². The molecule has 2 rings (SSSR count). The van der Waals surface area contributed by atoms with Crippen LogP contribution in [0.5, 0.6) is 5.75 Å². The van der Waals surface area contributed by atoms with E-state index in [1.54, 1.807) is 31.4 Å². The molecule has 0 heterocycles. The van der Waals surface area contributed by atoms with Crippen LogP contribution in [0.25, 0.3) is 11.1 Å². The molecule has 19 heavy (non-hydrogen) atoms. The Kier molecular flexibility index (Phi) is 3.71. The summed E-state index contributed by atoms with van der Waals surface area (Å²) in [6.07, 6.45) is 0. The van der Waals surface area contributed by atoms with E-state index >= 15 is 0 Å². The minimum Gasteiger partial charge on any atom is -0.497 e. The third-order valence-electron chi connectivity index (χ3n) is 2.78. The molecule has 4 nitrogen and oxygen atoms in total. The number of hydrogen-bond acceptors (Lipinski definition) is 4. The average molecular weight is 257 g/mol. The molecular formula is C15H15NO3. The maximum atomic E-state index is 11.5. The molecule has 0 atom stereocenters. The molecule has 0 fully saturated rings. The van der Waals surface area contributed by atoms with E-state index in [1.807, 2.05) is 18.2 Å². The average Bonchev–Trinajstić information content (AvgIpc) is 2.45. The van der Waals surface area contributed by atoms with E-state index in [9.17, 15) is 4.79 Å². The molecule has 0 amide bonds. The van der Waals surface area contributed by atoms with Crippen molar-refractivity contribution in [3.05, 3.63) is 48.0 Å². The number of esters is 1. The third kappa shape index (κ3) is 2.85. The molecule has 0 aliphatic heterocycles. The van der Waals surface area contributed by atoms with E-state index in [2.05, 4.69) is 0 Å². The lowest BCUT2D eigenvalue weighted by Gasteiger charge is -2.08. The van der Waals surface area contributed by atoms with Gasteiger partial charge in [0.25, 0.3) is 0 Å². The van der Waals surface area contributed by atoms with Crippen LogP contribution in [0.4, 0.5) is 5.69 Å². The fourth-order valence-corrected chi connectivity index (χ4v) is 1.85. The van der Waals surface area contributed by atoms with E-state index in [1.165, 1.54) is 7.11 Å². The number of carbonyl (C=O) groups excluding carboxylic acids is 1. The van der Waals surface area contributed by atoms with Crippen molar-refractivity contribution in [1.82, 2.24) is 0 Å². The van der Waals surface area contributed by atoms with Gasteiger partial charge >= 0.3 is 5.97 Å². The highest BCUT2D eigenvalue weighted by molar-refractivity contribution is 5.91. The van der Waals surface area contributed by atoms with Crippen LogP contribution in [-0.4, -0.2) is 20.2 Å². The van der Waals surface area contributed by atoms with Gasteiger partial charge in [0.15, 0.2) is 0 Å². The van der Waals surface area contributed by atoms with Crippen LogP contribution in [0, 0.1) is 0 Å². The summed E-state index contributed by atoms with van der Waals surface area (Å²) < 4.78 is 9.89. The Hall–Kier alpha value is -2.49. The monoisotopic (exact) mass is 257 g/mol. The predicted molar refractivity (Wildman–Crippen MR) is 74.2 cm³/mol. The lowest BCUT2D eigenvalue weighted by atomic mass is 10.0. The zero-order valence-electron chi connectivity index (χ0n) is 10.8. The Morgan fingerprint density at radius 1 is 1.05 bits per heavy atom. The van der Waals surface area contributed by atoms with Crippen molar-refractivity contribution in [2.45, 2.75) is 0 Å². The zero-order valence-corrected chi connectivity index (χ0v) is 10.8. The number of hydrogen-bond donors (Lipinski definition) is 1. The summed E-state index contributed by atoms with van der Waals surface area (Å²) in [6.45, 7) is 0. The second-order valence-electron chi connectivity index (χ2n) is 4.07. The summed E-state index contributed by atoms with van der Waals surface area (Å²) >= 11 is 0. The largest absolute Gasteiger partial charge is 0.497 e. The normalized spacial score (nSPS) is 10.0. The number of benzene rings is 2. The van der Waals surface area contributed by atoms with E-state index in [0.29, 0.717) is 17.0 Å². The highest BCUT2D eigenvalue weighted by atomic mass is 16.5. The summed E-state index contributed by atoms with van der Waals surface area (Å²) in [5, 5.41) is 0. The molecule has 0 aromatic heterocycles. The lowest BCUT2D eigenvalue weighted by molar-refractivity contribution is 0.0601. The topological polar surface area (TPSA) is 61.5 Å². The van der Waals surface area contributed by atoms with Crippen molar-refractivity contribution in [2.24, 2.45) is 0 Å². The molecule has 98 valence electrons. The Morgan fingerprint density at radius 2 is 1.84 bits per heavy atom. The molecule has 0 radical (unpaired) electrons. The number of ether oxygens (including phenoxy) is 2. The van der Waals surface area contributed by atoms with Gasteiger partial charge < -0.3 is 15.2 Å². The molecule has 0 saturated carbocycles. The highest BCUT2D eigenvalue weighted by Gasteiger charge is 2.08. The first-order valence-corrected chi connectivity index (χ1v) is 5.77. The van der Waals surface area contributed by atoms with Crippen molar-refractivity contribution < 1.29 is 14.3 Å². The molecule has 0 saturated heterocycles. The van der Waals surface area contributed by atoms with Gasteiger partial charge in [-0.3, -0.25) is 0 Å². The van der Waals surface area contributed by atoms with Gasteiger partial charge in [-0.1, -0.05) is 12.1 Å². The van der Waals surface area contributed by atoms with Crippen LogP contribution in [0.2, 0.25) is 0 Å². The van der Waals surface area contributed by atoms with Gasteiger partial charge in [0.05, 0.1) is 19.8 Å². The van der Waals surface area contributed by atoms with Crippen molar-refractivity contribution in [1.29, 1.82) is 0 Å². The van der Waals surface area contributed by atoms with Gasteiger partial charge in [-0.15, -0.1) is 0 Å². The van der Waals surface area contributed by atoms with Gasteiger partial charge in [-0.05, 0) is 35.4 Å². The van der Waals surface area contributed by atoms with E-state index < -0.39 is 0 Å². The number of methoxy groups -OCH3 is 2. The Bertz CT molecular complexity index is 608. The van der Waals surface area contributed by atoms with Crippen molar-refractivity contribution in [2.75, 3.05) is 20.0 Å². The van der Waals surface area contributed by atoms with Gasteiger partial charge in [-0.25, -0.2) is 4.79 Å². The summed E-state index contributed by atoms with van der Waals surface area (Å²) in [4.78, 5) is 11.5. The first-order chi connectivity index (χ1) is 9.13. The van der Waals surface area contributed by atoms with Crippen LogP contribution in [-0.2, 0) is 4.74 Å². The van der Waals surface area contributed by atoms with Crippen molar-refractivity contribution in [3.8, 4) is 16.9 Å². The second kappa shape index (κ2) is 5.44. The van der Waals surface area contributed by atoms with Crippen molar-refractivity contribution >= 4 is 11.7 Å². The van der Waals surface area contributed by atoms with Crippen LogP contribution < -0.4 is 10.5 Å². The molecule has 0 aliphatic rings. The fourth-order valence-electron chi connectivity index (χ4n) is 1.85. The van der Waals surface area contributed by atoms with Crippen LogP contribution in [0.15, 0.2) is 42.5 Å². The first-order valence-electron chi connectivity index (χ1n) is 5.77. The van der Waals surface area contributed by atoms with Gasteiger partial charge in [-0.2, -0.15) is 0 Å². The highest BCUT2D eigenvalue weighted by Crippen LogP contribution is 2.27. The molecule has 0 aliphatic carbocycles. The van der Waals surface area contributed by atoms with Crippen LogP contribution >= 0.6 is 0 Å². The Morgan fingerprint density at radius 3 is 2.53 bits per heavy atom.